The molecule has 0 saturated heterocycles. The van der Waals surface area contributed by atoms with Gasteiger partial charge in [0.25, 0.3) is 0 Å². The van der Waals surface area contributed by atoms with Crippen LogP contribution in [0.25, 0.3) is 0 Å². The lowest BCUT2D eigenvalue weighted by Crippen LogP contribution is -2.51. The maximum atomic E-state index is 13.0. The summed E-state index contributed by atoms with van der Waals surface area (Å²) < 4.78 is 17.8. The summed E-state index contributed by atoms with van der Waals surface area (Å²) in [6, 6.07) is 12.4. The van der Waals surface area contributed by atoms with Crippen molar-refractivity contribution in [2.24, 2.45) is 52.3 Å². The van der Waals surface area contributed by atoms with Crippen molar-refractivity contribution >= 4 is 11.7 Å². The van der Waals surface area contributed by atoms with Crippen LogP contribution in [0.2, 0.25) is 0 Å². The number of nitrogens with zero attached hydrogens (tertiary/aromatic N) is 1. The van der Waals surface area contributed by atoms with Crippen LogP contribution in [-0.2, 0) is 9.53 Å². The zero-order valence-corrected chi connectivity index (χ0v) is 37.4. The van der Waals surface area contributed by atoms with E-state index in [1.165, 1.54) is 57.4 Å². The third-order valence-electron chi connectivity index (χ3n) is 15.4. The molecular formula is C52H73NO6. The van der Waals surface area contributed by atoms with E-state index in [1.54, 1.807) is 17.7 Å². The minimum Gasteiger partial charge on any atom is -0.493 e. The zero-order valence-electron chi connectivity index (χ0n) is 37.4. The number of unbranched alkanes of at least 4 members (excludes halogenated alkanes) is 2. The van der Waals surface area contributed by atoms with Crippen molar-refractivity contribution in [2.45, 2.75) is 157 Å². The minimum absolute atomic E-state index is 0.0224. The van der Waals surface area contributed by atoms with Crippen LogP contribution in [-0.4, -0.2) is 30.2 Å². The van der Waals surface area contributed by atoms with Crippen molar-refractivity contribution in [3.05, 3.63) is 75.4 Å². The molecular weight excluding hydrogens is 735 g/mol. The van der Waals surface area contributed by atoms with Crippen LogP contribution in [0.3, 0.4) is 0 Å². The third-order valence-corrected chi connectivity index (χ3v) is 15.4. The number of fused-ring (bicyclic) bond motifs is 5. The molecule has 0 spiro atoms. The van der Waals surface area contributed by atoms with E-state index in [0.717, 1.165) is 78.9 Å². The van der Waals surface area contributed by atoms with Gasteiger partial charge in [-0.05, 0) is 153 Å². The average molecular weight is 808 g/mol. The maximum Gasteiger partial charge on any atom is 0.312 e. The number of carbonyl (C=O) groups excluding carboxylic acids is 1. The zero-order chi connectivity index (χ0) is 42.2. The molecule has 0 bridgehead atoms. The molecule has 0 N–H and O–H groups in total. The quantitative estimate of drug-likeness (QED) is 0.0372. The summed E-state index contributed by atoms with van der Waals surface area (Å²) in [5, 5.41) is 11.9. The van der Waals surface area contributed by atoms with Crippen LogP contribution in [0.15, 0.2) is 54.1 Å². The number of ether oxygens (including phenoxy) is 3. The Hall–Kier alpha value is -3.79. The van der Waals surface area contributed by atoms with E-state index in [2.05, 4.69) is 66.4 Å². The molecule has 4 aliphatic carbocycles. The first-order chi connectivity index (χ1) is 28.3. The Balaban J connectivity index is 0.914. The second-order valence-corrected chi connectivity index (χ2v) is 19.8. The molecule has 0 heterocycles. The van der Waals surface area contributed by atoms with Gasteiger partial charge in [-0.25, -0.2) is 0 Å². The summed E-state index contributed by atoms with van der Waals surface area (Å²) in [4.78, 5) is 24.4. The molecule has 9 atom stereocenters. The SMILES string of the molecule is CC[C@H](C)COc1ccc(C#Cc2ccc(OCCCCCC(=O)O[C@H]3CC[C@@]4(C)C(=CC[C@H]5[C@@H]6CC[C@H]([C@H](C)CCCC(C)C)[C@@]6(C)CC[C@@H]54)C3)c([N+](=O)[O-])c2)cc1. The Labute approximate surface area is 356 Å². The van der Waals surface area contributed by atoms with E-state index in [-0.39, 0.29) is 28.9 Å². The van der Waals surface area contributed by atoms with Gasteiger partial charge < -0.3 is 14.2 Å². The normalized spacial score (nSPS) is 28.2. The molecule has 0 amide bonds. The Kier molecular flexibility index (Phi) is 15.3. The lowest BCUT2D eigenvalue weighted by Gasteiger charge is -2.58. The summed E-state index contributed by atoms with van der Waals surface area (Å²) in [5.74, 6) is 12.5. The van der Waals surface area contributed by atoms with Crippen molar-refractivity contribution in [1.82, 2.24) is 0 Å². The predicted molar refractivity (Wildman–Crippen MR) is 237 cm³/mol. The summed E-state index contributed by atoms with van der Waals surface area (Å²) in [5.41, 5.74) is 3.54. The number of benzene rings is 2. The number of rotatable bonds is 18. The first-order valence-corrected chi connectivity index (χ1v) is 23.4. The molecule has 2 aromatic rings. The first-order valence-electron chi connectivity index (χ1n) is 23.4. The van der Waals surface area contributed by atoms with Crippen LogP contribution >= 0.6 is 0 Å². The fourth-order valence-electron chi connectivity index (χ4n) is 11.7. The van der Waals surface area contributed by atoms with Crippen LogP contribution < -0.4 is 9.47 Å². The molecule has 4 aliphatic rings. The highest BCUT2D eigenvalue weighted by molar-refractivity contribution is 5.69. The van der Waals surface area contributed by atoms with E-state index in [4.69, 9.17) is 14.2 Å². The minimum atomic E-state index is -0.429. The smallest absolute Gasteiger partial charge is 0.312 e. The second-order valence-electron chi connectivity index (χ2n) is 19.8. The standard InChI is InChI=1S/C52H73NO6/c1-8-37(4)35-58-42-22-18-39(19-23-42)16-17-40-20-27-49(48(33-40)53(55)56)57-32-11-9-10-15-50(54)59-43-28-30-51(6)41(34-43)21-24-44-46-26-25-45(38(5)14-12-13-36(2)3)52(46,7)31-29-47(44)51/h18-23,27,33,36-38,43-47H,8-15,24-26,28-32,34-35H2,1-7H3/t37-,38+,43-,44-,45+,46-,47-,51-,52+/m0/s1. The largest absolute Gasteiger partial charge is 0.493 e. The van der Waals surface area contributed by atoms with Crippen LogP contribution in [0.5, 0.6) is 11.5 Å². The second kappa shape index (κ2) is 20.2. The van der Waals surface area contributed by atoms with Crippen LogP contribution in [0.4, 0.5) is 5.69 Å². The van der Waals surface area contributed by atoms with Crippen molar-refractivity contribution in [2.75, 3.05) is 13.2 Å². The molecule has 0 aromatic heterocycles. The van der Waals surface area contributed by atoms with Gasteiger partial charge in [0.2, 0.25) is 0 Å². The number of carbonyl (C=O) groups is 1. The summed E-state index contributed by atoms with van der Waals surface area (Å²) in [6.07, 6.45) is 20.1. The molecule has 7 heteroatoms. The van der Waals surface area contributed by atoms with E-state index in [9.17, 15) is 14.9 Å². The van der Waals surface area contributed by atoms with Gasteiger partial charge in [-0.15, -0.1) is 0 Å². The van der Waals surface area contributed by atoms with Gasteiger partial charge in [-0.2, -0.15) is 0 Å². The summed E-state index contributed by atoms with van der Waals surface area (Å²) in [6.45, 7) is 17.8. The number of hydrogen-bond donors (Lipinski definition) is 0. The monoisotopic (exact) mass is 808 g/mol. The van der Waals surface area contributed by atoms with E-state index >= 15 is 0 Å². The molecule has 7 nitrogen and oxygen atoms in total. The van der Waals surface area contributed by atoms with Gasteiger partial charge in [-0.3, -0.25) is 14.9 Å². The molecule has 6 rings (SSSR count). The third kappa shape index (κ3) is 10.9. The molecule has 59 heavy (non-hydrogen) atoms. The number of allylic oxidation sites excluding steroid dienone is 1. The van der Waals surface area contributed by atoms with E-state index in [1.807, 2.05) is 24.3 Å². The van der Waals surface area contributed by atoms with Crippen molar-refractivity contribution < 1.29 is 23.9 Å². The lowest BCUT2D eigenvalue weighted by atomic mass is 9.47. The average Bonchev–Trinajstić information content (AvgIpc) is 3.58. The molecule has 0 unspecified atom stereocenters. The number of hydrogen-bond acceptors (Lipinski definition) is 6. The molecule has 2 aromatic carbocycles. The molecule has 322 valence electrons. The van der Waals surface area contributed by atoms with E-state index < -0.39 is 4.92 Å². The van der Waals surface area contributed by atoms with Gasteiger partial charge >= 0.3 is 11.7 Å². The Morgan fingerprint density at radius 1 is 0.881 bits per heavy atom. The number of nitro benzene ring substituents is 1. The molecule has 0 radical (unpaired) electrons. The van der Waals surface area contributed by atoms with Gasteiger partial charge in [0.05, 0.1) is 18.1 Å². The van der Waals surface area contributed by atoms with Gasteiger partial charge in [0.15, 0.2) is 5.75 Å². The molecule has 3 saturated carbocycles. The first kappa shape index (κ1) is 44.8. The van der Waals surface area contributed by atoms with Gasteiger partial charge in [0.1, 0.15) is 11.9 Å². The Bertz CT molecular complexity index is 1820. The van der Waals surface area contributed by atoms with Crippen molar-refractivity contribution in [1.29, 1.82) is 0 Å². The van der Waals surface area contributed by atoms with E-state index in [0.29, 0.717) is 49.4 Å². The van der Waals surface area contributed by atoms with Crippen LogP contribution in [0.1, 0.15) is 162 Å². The highest BCUT2D eigenvalue weighted by atomic mass is 16.6. The topological polar surface area (TPSA) is 87.9 Å². The summed E-state index contributed by atoms with van der Waals surface area (Å²) in [7, 11) is 0. The maximum absolute atomic E-state index is 13.0. The van der Waals surface area contributed by atoms with Crippen molar-refractivity contribution in [3.63, 3.8) is 0 Å². The highest BCUT2D eigenvalue weighted by Gasteiger charge is 2.59. The Morgan fingerprint density at radius 3 is 2.39 bits per heavy atom. The van der Waals surface area contributed by atoms with Crippen LogP contribution in [0, 0.1) is 74.2 Å². The summed E-state index contributed by atoms with van der Waals surface area (Å²) >= 11 is 0. The predicted octanol–water partition coefficient (Wildman–Crippen LogP) is 13.3. The lowest BCUT2D eigenvalue weighted by molar-refractivity contribution is -0.385. The molecule has 3 fully saturated rings. The molecule has 0 aliphatic heterocycles. The highest BCUT2D eigenvalue weighted by Crippen LogP contribution is 2.67. The van der Waals surface area contributed by atoms with Gasteiger partial charge in [-0.1, -0.05) is 97.6 Å². The van der Waals surface area contributed by atoms with Gasteiger partial charge in [0, 0.05) is 30.0 Å². The number of esters is 1. The Morgan fingerprint density at radius 2 is 1.64 bits per heavy atom. The fraction of sp³-hybridized carbons (Fsp3) is 0.673. The van der Waals surface area contributed by atoms with Crippen molar-refractivity contribution in [3.8, 4) is 23.3 Å². The fourth-order valence-corrected chi connectivity index (χ4v) is 11.7. The number of nitro groups is 1.